The molecule has 0 rings (SSSR count). The van der Waals surface area contributed by atoms with Gasteiger partial charge in [-0.25, -0.2) is 0 Å². The van der Waals surface area contributed by atoms with Crippen molar-refractivity contribution in [3.63, 3.8) is 0 Å². The molecule has 0 aromatic heterocycles. The third-order valence-corrected chi connectivity index (χ3v) is 1.97. The number of alkyl halides is 2. The Labute approximate surface area is 108 Å². The maximum atomic E-state index is 13.3. The minimum Gasteiger partial charge on any atom is -0.377 e. The van der Waals surface area contributed by atoms with Crippen LogP contribution in [0.2, 0.25) is 0 Å². The first-order valence-electron chi connectivity index (χ1n) is 6.17. The molecule has 1 amide bonds. The van der Waals surface area contributed by atoms with Gasteiger partial charge in [0.2, 0.25) is 0 Å². The Bertz CT molecular complexity index is 276. The lowest BCUT2D eigenvalue weighted by atomic mass is 10.2. The Kier molecular flexibility index (Phi) is 7.75. The van der Waals surface area contributed by atoms with Crippen molar-refractivity contribution in [2.45, 2.75) is 33.6 Å². The van der Waals surface area contributed by atoms with Gasteiger partial charge in [-0.15, -0.1) is 0 Å². The van der Waals surface area contributed by atoms with Crippen molar-refractivity contribution in [3.8, 4) is 0 Å². The zero-order valence-corrected chi connectivity index (χ0v) is 11.5. The van der Waals surface area contributed by atoms with Crippen molar-refractivity contribution in [2.75, 3.05) is 19.8 Å². The number of hydrogen-bond acceptors (Lipinski definition) is 2. The van der Waals surface area contributed by atoms with E-state index in [0.29, 0.717) is 18.6 Å². The van der Waals surface area contributed by atoms with Gasteiger partial charge in [0.05, 0.1) is 6.61 Å². The third-order valence-electron chi connectivity index (χ3n) is 1.97. The monoisotopic (exact) mass is 263 g/mol. The van der Waals surface area contributed by atoms with Crippen LogP contribution in [0.25, 0.3) is 0 Å². The maximum absolute atomic E-state index is 13.3. The number of rotatable bonds is 8. The zero-order valence-electron chi connectivity index (χ0n) is 11.5. The highest BCUT2D eigenvalue weighted by molar-refractivity contribution is 5.85. The van der Waals surface area contributed by atoms with Gasteiger partial charge in [-0.2, -0.15) is 8.78 Å². The van der Waals surface area contributed by atoms with Gasteiger partial charge in [0, 0.05) is 13.2 Å². The summed E-state index contributed by atoms with van der Waals surface area (Å²) < 4.78 is 31.7. The van der Waals surface area contributed by atoms with Gasteiger partial charge < -0.3 is 10.1 Å². The second kappa shape index (κ2) is 8.19. The van der Waals surface area contributed by atoms with E-state index < -0.39 is 11.8 Å². The summed E-state index contributed by atoms with van der Waals surface area (Å²) in [6.45, 7) is 8.46. The molecule has 0 aromatic rings. The zero-order chi connectivity index (χ0) is 14.2. The summed E-state index contributed by atoms with van der Waals surface area (Å²) in [6, 6.07) is 0. The van der Waals surface area contributed by atoms with Gasteiger partial charge in [0.1, 0.15) is 0 Å². The van der Waals surface area contributed by atoms with Crippen LogP contribution < -0.4 is 5.32 Å². The molecule has 0 aliphatic carbocycles. The van der Waals surface area contributed by atoms with Crippen LogP contribution in [0.15, 0.2) is 12.2 Å². The smallest absolute Gasteiger partial charge is 0.343 e. The average Bonchev–Trinajstić information content (AvgIpc) is 2.24. The maximum Gasteiger partial charge on any atom is 0.343 e. The molecule has 3 nitrogen and oxygen atoms in total. The molecule has 0 aromatic carbocycles. The van der Waals surface area contributed by atoms with Crippen molar-refractivity contribution in [1.29, 1.82) is 0 Å². The number of nitrogens with one attached hydrogen (secondary N) is 1. The van der Waals surface area contributed by atoms with Crippen LogP contribution in [0.4, 0.5) is 8.78 Å². The summed E-state index contributed by atoms with van der Waals surface area (Å²) in [7, 11) is 0. The highest BCUT2D eigenvalue weighted by Gasteiger charge is 2.35. The second-order valence-corrected chi connectivity index (χ2v) is 5.06. The van der Waals surface area contributed by atoms with Crippen LogP contribution in [-0.2, 0) is 9.53 Å². The van der Waals surface area contributed by atoms with Crippen LogP contribution in [0.3, 0.4) is 0 Å². The molecule has 0 saturated carbocycles. The van der Waals surface area contributed by atoms with E-state index in [0.717, 1.165) is 0 Å². The van der Waals surface area contributed by atoms with Crippen LogP contribution in [-0.4, -0.2) is 31.6 Å². The van der Waals surface area contributed by atoms with Gasteiger partial charge in [0.15, 0.2) is 0 Å². The highest BCUT2D eigenvalue weighted by Crippen LogP contribution is 2.15. The van der Waals surface area contributed by atoms with Gasteiger partial charge in [0.25, 0.3) is 5.91 Å². The lowest BCUT2D eigenvalue weighted by Gasteiger charge is -2.13. The molecule has 0 radical (unpaired) electrons. The summed E-state index contributed by atoms with van der Waals surface area (Å²) in [5.41, 5.74) is 0. The first-order valence-corrected chi connectivity index (χ1v) is 6.17. The average molecular weight is 263 g/mol. The summed E-state index contributed by atoms with van der Waals surface area (Å²) in [6.07, 6.45) is 1.76. The van der Waals surface area contributed by atoms with E-state index in [1.807, 2.05) is 27.7 Å². The lowest BCUT2D eigenvalue weighted by Crippen LogP contribution is -2.40. The van der Waals surface area contributed by atoms with Crippen molar-refractivity contribution in [2.24, 2.45) is 11.8 Å². The molecule has 5 heteroatoms. The number of amides is 1. The van der Waals surface area contributed by atoms with Crippen LogP contribution in [0.1, 0.15) is 27.7 Å². The van der Waals surface area contributed by atoms with Crippen LogP contribution in [0.5, 0.6) is 0 Å². The molecule has 0 heterocycles. The minimum atomic E-state index is -3.48. The molecular formula is C13H23F2NO2. The Morgan fingerprint density at radius 3 is 2.39 bits per heavy atom. The predicted molar refractivity (Wildman–Crippen MR) is 67.6 cm³/mol. The van der Waals surface area contributed by atoms with E-state index in [1.165, 1.54) is 6.08 Å². The first-order chi connectivity index (χ1) is 8.25. The molecule has 0 spiro atoms. The van der Waals surface area contributed by atoms with E-state index in [9.17, 15) is 13.6 Å². The molecule has 106 valence electrons. The van der Waals surface area contributed by atoms with E-state index >= 15 is 0 Å². The van der Waals surface area contributed by atoms with Gasteiger partial charge in [-0.1, -0.05) is 33.8 Å². The van der Waals surface area contributed by atoms with E-state index in [1.54, 1.807) is 0 Å². The number of hydrogen-bond donors (Lipinski definition) is 1. The molecule has 18 heavy (non-hydrogen) atoms. The van der Waals surface area contributed by atoms with Crippen LogP contribution >= 0.6 is 0 Å². The predicted octanol–water partition coefficient (Wildman–Crippen LogP) is 2.62. The Balaban J connectivity index is 4.04. The van der Waals surface area contributed by atoms with Crippen molar-refractivity contribution in [3.05, 3.63) is 12.2 Å². The molecule has 0 bridgehead atoms. The number of carbonyl (C=O) groups excluding carboxylic acids is 1. The second-order valence-electron chi connectivity index (χ2n) is 5.06. The normalized spacial score (nSPS) is 12.7. The topological polar surface area (TPSA) is 38.3 Å². The van der Waals surface area contributed by atoms with Gasteiger partial charge in [-0.05, 0) is 17.9 Å². The molecule has 0 atom stereocenters. The Hall–Kier alpha value is -0.970. The van der Waals surface area contributed by atoms with Crippen molar-refractivity contribution < 1.29 is 18.3 Å². The fraction of sp³-hybridized carbons (Fsp3) is 0.769. The van der Waals surface area contributed by atoms with E-state index in [4.69, 9.17) is 4.74 Å². The number of ether oxygens (including phenoxy) is 1. The highest BCUT2D eigenvalue weighted by atomic mass is 19.3. The molecule has 0 aliphatic rings. The summed E-state index contributed by atoms with van der Waals surface area (Å²) in [5.74, 6) is -4.25. The molecule has 0 aliphatic heterocycles. The van der Waals surface area contributed by atoms with E-state index in [2.05, 4.69) is 5.32 Å². The Morgan fingerprint density at radius 1 is 1.28 bits per heavy atom. The van der Waals surface area contributed by atoms with E-state index in [-0.39, 0.29) is 19.1 Å². The Morgan fingerprint density at radius 2 is 1.89 bits per heavy atom. The van der Waals surface area contributed by atoms with Crippen molar-refractivity contribution in [1.82, 2.24) is 5.32 Å². The SMILES string of the molecule is CC(C)CNC(=O)C(F)(F)/C=C/COCC(C)C. The standard InChI is InChI=1S/C13H23F2NO2/c1-10(2)8-16-12(17)13(14,15)6-5-7-18-9-11(3)4/h5-6,10-11H,7-9H2,1-4H3,(H,16,17)/b6-5+. The molecule has 0 fully saturated rings. The van der Waals surface area contributed by atoms with Crippen LogP contribution in [0, 0.1) is 11.8 Å². The third kappa shape index (κ3) is 8.17. The first kappa shape index (κ1) is 17.0. The molecule has 0 saturated heterocycles. The van der Waals surface area contributed by atoms with Gasteiger partial charge >= 0.3 is 5.92 Å². The summed E-state index contributed by atoms with van der Waals surface area (Å²) >= 11 is 0. The summed E-state index contributed by atoms with van der Waals surface area (Å²) in [4.78, 5) is 11.2. The van der Waals surface area contributed by atoms with Crippen molar-refractivity contribution >= 4 is 5.91 Å². The molecule has 0 unspecified atom stereocenters. The quantitative estimate of drug-likeness (QED) is 0.540. The fourth-order valence-electron chi connectivity index (χ4n) is 1.06. The summed E-state index contributed by atoms with van der Waals surface area (Å²) in [5, 5.41) is 2.20. The van der Waals surface area contributed by atoms with Gasteiger partial charge in [-0.3, -0.25) is 4.79 Å². The largest absolute Gasteiger partial charge is 0.377 e. The number of carbonyl (C=O) groups is 1. The molecule has 1 N–H and O–H groups in total. The fourth-order valence-corrected chi connectivity index (χ4v) is 1.06. The lowest BCUT2D eigenvalue weighted by molar-refractivity contribution is -0.139. The molecular weight excluding hydrogens is 240 g/mol. The minimum absolute atomic E-state index is 0.0885. The number of halogens is 2.